The number of nitrogens with one attached hydrogen (secondary N) is 1. The first kappa shape index (κ1) is 15.5. The molecule has 3 N–H and O–H groups in total. The summed E-state index contributed by atoms with van der Waals surface area (Å²) >= 11 is 12.0. The van der Waals surface area contributed by atoms with Crippen LogP contribution in [-0.4, -0.2) is 5.91 Å². The molecule has 23 heavy (non-hydrogen) atoms. The van der Waals surface area contributed by atoms with E-state index < -0.39 is 5.91 Å². The number of carbonyl (C=O) groups is 1. The Bertz CT molecular complexity index is 875. The molecule has 2 aromatic carbocycles. The molecule has 0 saturated carbocycles. The minimum absolute atomic E-state index is 0.174. The third-order valence-electron chi connectivity index (χ3n) is 3.18. The van der Waals surface area contributed by atoms with E-state index in [0.717, 1.165) is 5.56 Å². The van der Waals surface area contributed by atoms with Crippen molar-refractivity contribution in [1.82, 2.24) is 0 Å². The lowest BCUT2D eigenvalue weighted by atomic mass is 10.2. The van der Waals surface area contributed by atoms with Crippen LogP contribution in [0.3, 0.4) is 0 Å². The van der Waals surface area contributed by atoms with Gasteiger partial charge in [0.25, 0.3) is 5.91 Å². The third kappa shape index (κ3) is 3.50. The molecule has 0 aliphatic heterocycles. The summed E-state index contributed by atoms with van der Waals surface area (Å²) in [6, 6.07) is 15.4. The number of amides is 1. The molecule has 4 nitrogen and oxygen atoms in total. The van der Waals surface area contributed by atoms with Crippen LogP contribution in [0.2, 0.25) is 10.0 Å². The normalized spacial score (nSPS) is 10.5. The van der Waals surface area contributed by atoms with Gasteiger partial charge in [0, 0.05) is 16.3 Å². The molecular formula is C17H12Cl2N2O2. The monoisotopic (exact) mass is 346 g/mol. The summed E-state index contributed by atoms with van der Waals surface area (Å²) in [4.78, 5) is 12.2. The van der Waals surface area contributed by atoms with Crippen LogP contribution in [0.1, 0.15) is 10.6 Å². The maximum absolute atomic E-state index is 12.2. The second-order valence-electron chi connectivity index (χ2n) is 4.87. The predicted octanol–water partition coefficient (Wildman–Crippen LogP) is 5.09. The third-order valence-corrected chi connectivity index (χ3v) is 3.73. The Balaban J connectivity index is 1.81. The van der Waals surface area contributed by atoms with Gasteiger partial charge in [0.05, 0.1) is 10.7 Å². The minimum Gasteiger partial charge on any atom is -0.451 e. The van der Waals surface area contributed by atoms with Crippen LogP contribution < -0.4 is 11.1 Å². The van der Waals surface area contributed by atoms with Crippen molar-refractivity contribution in [1.29, 1.82) is 0 Å². The average Bonchev–Trinajstić information content (AvgIpc) is 3.00. The van der Waals surface area contributed by atoms with E-state index in [1.54, 1.807) is 42.5 Å². The number of halogens is 2. The van der Waals surface area contributed by atoms with Crippen LogP contribution in [0, 0.1) is 0 Å². The standard InChI is InChI=1S/C17H12Cl2N2O2/c18-11-3-1-2-10(8-11)15-6-7-16(23-15)17(22)21-14-5-4-12(20)9-13(14)19/h1-9H,20H2,(H,21,22). The minimum atomic E-state index is -0.398. The van der Waals surface area contributed by atoms with Crippen molar-refractivity contribution in [3.63, 3.8) is 0 Å². The molecule has 3 rings (SSSR count). The highest BCUT2D eigenvalue weighted by atomic mass is 35.5. The van der Waals surface area contributed by atoms with E-state index in [0.29, 0.717) is 27.2 Å². The fourth-order valence-electron chi connectivity index (χ4n) is 2.07. The summed E-state index contributed by atoms with van der Waals surface area (Å²) in [5, 5.41) is 3.64. The molecular weight excluding hydrogens is 335 g/mol. The highest BCUT2D eigenvalue weighted by Crippen LogP contribution is 2.27. The van der Waals surface area contributed by atoms with Crippen molar-refractivity contribution in [2.24, 2.45) is 0 Å². The van der Waals surface area contributed by atoms with Crippen LogP contribution in [-0.2, 0) is 0 Å². The number of nitrogen functional groups attached to an aromatic ring is 1. The van der Waals surface area contributed by atoms with Crippen LogP contribution in [0.25, 0.3) is 11.3 Å². The molecule has 0 bridgehead atoms. The summed E-state index contributed by atoms with van der Waals surface area (Å²) < 4.78 is 5.58. The van der Waals surface area contributed by atoms with Crippen LogP contribution in [0.5, 0.6) is 0 Å². The van der Waals surface area contributed by atoms with E-state index in [1.807, 2.05) is 12.1 Å². The van der Waals surface area contributed by atoms with E-state index in [9.17, 15) is 4.79 Å². The molecule has 3 aromatic rings. The SMILES string of the molecule is Nc1ccc(NC(=O)c2ccc(-c3cccc(Cl)c3)o2)c(Cl)c1. The molecule has 1 heterocycles. The van der Waals surface area contributed by atoms with Gasteiger partial charge in [-0.05, 0) is 42.5 Å². The maximum atomic E-state index is 12.2. The first-order valence-electron chi connectivity index (χ1n) is 6.75. The Morgan fingerprint density at radius 2 is 1.87 bits per heavy atom. The summed E-state index contributed by atoms with van der Waals surface area (Å²) in [7, 11) is 0. The quantitative estimate of drug-likeness (QED) is 0.649. The molecule has 0 unspecified atom stereocenters. The van der Waals surface area contributed by atoms with Gasteiger partial charge >= 0.3 is 0 Å². The van der Waals surface area contributed by atoms with Crippen molar-refractivity contribution in [2.75, 3.05) is 11.1 Å². The molecule has 116 valence electrons. The average molecular weight is 347 g/mol. The maximum Gasteiger partial charge on any atom is 0.291 e. The number of hydrogen-bond donors (Lipinski definition) is 2. The van der Waals surface area contributed by atoms with E-state index in [-0.39, 0.29) is 5.76 Å². The Labute approximate surface area is 142 Å². The number of rotatable bonds is 3. The zero-order valence-corrected chi connectivity index (χ0v) is 13.4. The fraction of sp³-hybridized carbons (Fsp3) is 0. The second-order valence-corrected chi connectivity index (χ2v) is 5.71. The topological polar surface area (TPSA) is 68.3 Å². The molecule has 0 aliphatic carbocycles. The molecule has 0 fully saturated rings. The van der Waals surface area contributed by atoms with Gasteiger partial charge in [0.1, 0.15) is 5.76 Å². The largest absolute Gasteiger partial charge is 0.451 e. The van der Waals surface area contributed by atoms with Crippen molar-refractivity contribution in [2.45, 2.75) is 0 Å². The highest BCUT2D eigenvalue weighted by Gasteiger charge is 2.14. The molecule has 0 saturated heterocycles. The molecule has 0 atom stereocenters. The predicted molar refractivity (Wildman–Crippen MR) is 93.0 cm³/mol. The lowest BCUT2D eigenvalue weighted by Gasteiger charge is -2.06. The summed E-state index contributed by atoms with van der Waals surface area (Å²) in [6.45, 7) is 0. The van der Waals surface area contributed by atoms with E-state index in [2.05, 4.69) is 5.32 Å². The van der Waals surface area contributed by atoms with Gasteiger partial charge < -0.3 is 15.5 Å². The fourth-order valence-corrected chi connectivity index (χ4v) is 2.50. The second kappa shape index (κ2) is 6.36. The van der Waals surface area contributed by atoms with Gasteiger partial charge in [-0.15, -0.1) is 0 Å². The van der Waals surface area contributed by atoms with Crippen molar-refractivity contribution in [3.8, 4) is 11.3 Å². The number of furan rings is 1. The number of hydrogen-bond acceptors (Lipinski definition) is 3. The van der Waals surface area contributed by atoms with E-state index in [1.165, 1.54) is 0 Å². The smallest absolute Gasteiger partial charge is 0.291 e. The molecule has 0 spiro atoms. The first-order valence-corrected chi connectivity index (χ1v) is 7.51. The van der Waals surface area contributed by atoms with Crippen LogP contribution in [0.15, 0.2) is 59.0 Å². The summed E-state index contributed by atoms with van der Waals surface area (Å²) in [5.74, 6) is 0.332. The van der Waals surface area contributed by atoms with Gasteiger partial charge in [0.15, 0.2) is 5.76 Å². The first-order chi connectivity index (χ1) is 11.0. The molecule has 1 aromatic heterocycles. The Kier molecular flexibility index (Phi) is 4.28. The number of anilines is 2. The zero-order valence-electron chi connectivity index (χ0n) is 11.8. The molecule has 0 radical (unpaired) electrons. The number of carbonyl (C=O) groups excluding carboxylic acids is 1. The van der Waals surface area contributed by atoms with Gasteiger partial charge in [0.2, 0.25) is 0 Å². The molecule has 1 amide bonds. The summed E-state index contributed by atoms with van der Waals surface area (Å²) in [6.07, 6.45) is 0. The van der Waals surface area contributed by atoms with E-state index in [4.69, 9.17) is 33.4 Å². The van der Waals surface area contributed by atoms with Crippen LogP contribution in [0.4, 0.5) is 11.4 Å². The van der Waals surface area contributed by atoms with Gasteiger partial charge in [-0.2, -0.15) is 0 Å². The van der Waals surface area contributed by atoms with Crippen LogP contribution >= 0.6 is 23.2 Å². The number of benzene rings is 2. The summed E-state index contributed by atoms with van der Waals surface area (Å²) in [5.41, 5.74) is 7.40. The van der Waals surface area contributed by atoms with E-state index >= 15 is 0 Å². The Hall–Kier alpha value is -2.43. The van der Waals surface area contributed by atoms with Gasteiger partial charge in [-0.25, -0.2) is 0 Å². The van der Waals surface area contributed by atoms with Gasteiger partial charge in [-0.3, -0.25) is 4.79 Å². The Morgan fingerprint density at radius 3 is 2.61 bits per heavy atom. The molecule has 0 aliphatic rings. The van der Waals surface area contributed by atoms with Crippen molar-refractivity contribution in [3.05, 3.63) is 70.4 Å². The lowest BCUT2D eigenvalue weighted by molar-refractivity contribution is 0.0997. The van der Waals surface area contributed by atoms with Crippen molar-refractivity contribution < 1.29 is 9.21 Å². The highest BCUT2D eigenvalue weighted by molar-refractivity contribution is 6.34. The zero-order chi connectivity index (χ0) is 16.4. The van der Waals surface area contributed by atoms with Gasteiger partial charge in [-0.1, -0.05) is 35.3 Å². The lowest BCUT2D eigenvalue weighted by Crippen LogP contribution is -2.11. The van der Waals surface area contributed by atoms with Crippen molar-refractivity contribution >= 4 is 40.5 Å². The molecule has 6 heteroatoms. The number of nitrogens with two attached hydrogens (primary N) is 1. The Morgan fingerprint density at radius 1 is 1.04 bits per heavy atom.